The molecule has 2 N–H and O–H groups in total. The van der Waals surface area contributed by atoms with Gasteiger partial charge in [-0.15, -0.1) is 0 Å². The molecule has 1 rings (SSSR count). The highest BCUT2D eigenvalue weighted by Gasteiger charge is 2.17. The Morgan fingerprint density at radius 2 is 1.95 bits per heavy atom. The fourth-order valence-corrected chi connectivity index (χ4v) is 1.48. The molecular weight excluding hydrogens is 254 g/mol. The number of halogens is 2. The molecule has 0 fully saturated rings. The molecule has 0 aliphatic heterocycles. The molecule has 0 heterocycles. The number of nitrogens with two attached hydrogens (primary N) is 1. The second kappa shape index (κ2) is 6.47. The summed E-state index contributed by atoms with van der Waals surface area (Å²) < 4.78 is 31.3. The molecule has 1 aromatic carbocycles. The van der Waals surface area contributed by atoms with E-state index >= 15 is 0 Å². The number of nitrogens with zero attached hydrogens (tertiary/aromatic N) is 1. The molecule has 0 unspecified atom stereocenters. The molecule has 106 valence electrons. The minimum atomic E-state index is -1.09. The van der Waals surface area contributed by atoms with Gasteiger partial charge in [-0.1, -0.05) is 0 Å². The van der Waals surface area contributed by atoms with Crippen molar-refractivity contribution in [2.45, 2.75) is 20.0 Å². The molecule has 19 heavy (non-hydrogen) atoms. The minimum Gasteiger partial charge on any atom is -0.398 e. The van der Waals surface area contributed by atoms with E-state index in [1.807, 2.05) is 13.8 Å². The first kappa shape index (κ1) is 15.4. The van der Waals surface area contributed by atoms with E-state index in [0.29, 0.717) is 13.2 Å². The van der Waals surface area contributed by atoms with Crippen molar-refractivity contribution >= 4 is 11.6 Å². The summed E-state index contributed by atoms with van der Waals surface area (Å²) in [7, 11) is 1.55. The fraction of sp³-hybridized carbons (Fsp3) is 0.462. The van der Waals surface area contributed by atoms with Gasteiger partial charge in [-0.2, -0.15) is 0 Å². The summed E-state index contributed by atoms with van der Waals surface area (Å²) in [6.45, 7) is 4.48. The Bertz CT molecular complexity index is 464. The van der Waals surface area contributed by atoms with Crippen LogP contribution in [0.3, 0.4) is 0 Å². The van der Waals surface area contributed by atoms with Crippen molar-refractivity contribution in [3.8, 4) is 0 Å². The van der Waals surface area contributed by atoms with Crippen LogP contribution in [-0.4, -0.2) is 37.1 Å². The summed E-state index contributed by atoms with van der Waals surface area (Å²) in [5.74, 6) is -2.63. The van der Waals surface area contributed by atoms with Crippen molar-refractivity contribution in [3.63, 3.8) is 0 Å². The van der Waals surface area contributed by atoms with E-state index in [1.54, 1.807) is 7.05 Å². The Morgan fingerprint density at radius 1 is 1.37 bits per heavy atom. The van der Waals surface area contributed by atoms with Gasteiger partial charge >= 0.3 is 0 Å². The number of carbonyl (C=O) groups is 1. The molecule has 6 heteroatoms. The fourth-order valence-electron chi connectivity index (χ4n) is 1.48. The second-order valence-corrected chi connectivity index (χ2v) is 4.50. The van der Waals surface area contributed by atoms with Gasteiger partial charge in [0.1, 0.15) is 0 Å². The Kier molecular flexibility index (Phi) is 5.23. The summed E-state index contributed by atoms with van der Waals surface area (Å²) in [4.78, 5) is 13.4. The third-order valence-corrected chi connectivity index (χ3v) is 2.55. The number of nitrogen functional groups attached to an aromatic ring is 1. The summed E-state index contributed by atoms with van der Waals surface area (Å²) in [5.41, 5.74) is 5.39. The molecule has 1 aromatic rings. The summed E-state index contributed by atoms with van der Waals surface area (Å²) in [6, 6.07) is 1.62. The smallest absolute Gasteiger partial charge is 0.255 e. The summed E-state index contributed by atoms with van der Waals surface area (Å²) in [6.07, 6.45) is 0.0665. The van der Waals surface area contributed by atoms with Crippen LogP contribution in [0, 0.1) is 11.6 Å². The topological polar surface area (TPSA) is 55.6 Å². The van der Waals surface area contributed by atoms with Crippen LogP contribution in [0.15, 0.2) is 12.1 Å². The lowest BCUT2D eigenvalue weighted by atomic mass is 10.1. The van der Waals surface area contributed by atoms with Crippen LogP contribution >= 0.6 is 0 Å². The van der Waals surface area contributed by atoms with Crippen molar-refractivity contribution < 1.29 is 18.3 Å². The van der Waals surface area contributed by atoms with Crippen molar-refractivity contribution in [3.05, 3.63) is 29.3 Å². The second-order valence-electron chi connectivity index (χ2n) is 4.50. The Balaban J connectivity index is 2.74. The van der Waals surface area contributed by atoms with Crippen molar-refractivity contribution in [2.24, 2.45) is 0 Å². The highest BCUT2D eigenvalue weighted by atomic mass is 19.2. The van der Waals surface area contributed by atoms with Gasteiger partial charge in [0.05, 0.1) is 18.3 Å². The molecule has 1 amide bonds. The monoisotopic (exact) mass is 272 g/mol. The minimum absolute atomic E-state index is 0.0500. The van der Waals surface area contributed by atoms with Crippen molar-refractivity contribution in [1.29, 1.82) is 0 Å². The van der Waals surface area contributed by atoms with E-state index in [9.17, 15) is 13.6 Å². The third-order valence-electron chi connectivity index (χ3n) is 2.55. The van der Waals surface area contributed by atoms with Gasteiger partial charge in [-0.05, 0) is 19.9 Å². The van der Waals surface area contributed by atoms with E-state index in [4.69, 9.17) is 10.5 Å². The quantitative estimate of drug-likeness (QED) is 0.835. The van der Waals surface area contributed by atoms with Gasteiger partial charge in [0.15, 0.2) is 11.6 Å². The normalized spacial score (nSPS) is 10.8. The number of likely N-dealkylation sites (N-methyl/N-ethyl adjacent to an activating group) is 1. The van der Waals surface area contributed by atoms with Gasteiger partial charge in [-0.25, -0.2) is 8.78 Å². The van der Waals surface area contributed by atoms with Crippen LogP contribution in [0.5, 0.6) is 0 Å². The first-order chi connectivity index (χ1) is 8.82. The molecule has 0 spiro atoms. The molecule has 0 saturated heterocycles. The van der Waals surface area contributed by atoms with Gasteiger partial charge in [-0.3, -0.25) is 4.79 Å². The van der Waals surface area contributed by atoms with Crippen molar-refractivity contribution in [2.75, 3.05) is 25.9 Å². The summed E-state index contributed by atoms with van der Waals surface area (Å²) >= 11 is 0. The zero-order valence-electron chi connectivity index (χ0n) is 11.2. The number of ether oxygens (including phenoxy) is 1. The SMILES string of the molecule is CC(C)OCCN(C)C(=O)c1cc(F)c(F)cc1N. The van der Waals surface area contributed by atoms with Gasteiger partial charge in [0.25, 0.3) is 5.91 Å². The molecular formula is C13H18F2N2O2. The van der Waals surface area contributed by atoms with E-state index < -0.39 is 17.5 Å². The molecule has 0 aliphatic rings. The molecule has 0 radical (unpaired) electrons. The van der Waals surface area contributed by atoms with E-state index in [2.05, 4.69) is 0 Å². The van der Waals surface area contributed by atoms with Crippen molar-refractivity contribution in [1.82, 2.24) is 4.90 Å². The summed E-state index contributed by atoms with van der Waals surface area (Å²) in [5, 5.41) is 0. The molecule has 0 aromatic heterocycles. The van der Waals surface area contributed by atoms with Gasteiger partial charge < -0.3 is 15.4 Å². The number of hydrogen-bond donors (Lipinski definition) is 1. The maximum Gasteiger partial charge on any atom is 0.255 e. The third kappa shape index (κ3) is 4.17. The van der Waals surface area contributed by atoms with E-state index in [-0.39, 0.29) is 17.4 Å². The first-order valence-corrected chi connectivity index (χ1v) is 5.94. The Morgan fingerprint density at radius 3 is 2.53 bits per heavy atom. The van der Waals surface area contributed by atoms with Crippen LogP contribution in [0.1, 0.15) is 24.2 Å². The van der Waals surface area contributed by atoms with Crippen LogP contribution in [0.2, 0.25) is 0 Å². The molecule has 4 nitrogen and oxygen atoms in total. The van der Waals surface area contributed by atoms with Gasteiger partial charge in [0, 0.05) is 25.3 Å². The number of hydrogen-bond acceptors (Lipinski definition) is 3. The average Bonchev–Trinajstić information content (AvgIpc) is 2.32. The lowest BCUT2D eigenvalue weighted by molar-refractivity contribution is 0.0532. The molecule has 0 bridgehead atoms. The first-order valence-electron chi connectivity index (χ1n) is 5.94. The molecule has 0 atom stereocenters. The predicted molar refractivity (Wildman–Crippen MR) is 68.8 cm³/mol. The zero-order chi connectivity index (χ0) is 14.6. The molecule has 0 aliphatic carbocycles. The molecule has 0 saturated carbocycles. The lowest BCUT2D eigenvalue weighted by Gasteiger charge is -2.19. The van der Waals surface area contributed by atoms with E-state index in [0.717, 1.165) is 12.1 Å². The van der Waals surface area contributed by atoms with Crippen LogP contribution in [0.4, 0.5) is 14.5 Å². The van der Waals surface area contributed by atoms with Crippen LogP contribution in [-0.2, 0) is 4.74 Å². The number of rotatable bonds is 5. The number of carbonyl (C=O) groups excluding carboxylic acids is 1. The highest BCUT2D eigenvalue weighted by molar-refractivity contribution is 5.99. The van der Waals surface area contributed by atoms with Crippen LogP contribution < -0.4 is 5.73 Å². The lowest BCUT2D eigenvalue weighted by Crippen LogP contribution is -2.31. The van der Waals surface area contributed by atoms with Gasteiger partial charge in [0.2, 0.25) is 0 Å². The average molecular weight is 272 g/mol. The maximum atomic E-state index is 13.1. The Labute approximate surface area is 111 Å². The Hall–Kier alpha value is -1.69. The number of amides is 1. The number of anilines is 1. The van der Waals surface area contributed by atoms with Crippen LogP contribution in [0.25, 0.3) is 0 Å². The predicted octanol–water partition coefficient (Wildman–Crippen LogP) is 2.04. The standard InChI is InChI=1S/C13H18F2N2O2/c1-8(2)19-5-4-17(3)13(18)9-6-10(14)11(15)7-12(9)16/h6-8H,4-5,16H2,1-3H3. The largest absolute Gasteiger partial charge is 0.398 e. The zero-order valence-corrected chi connectivity index (χ0v) is 11.2. The number of benzene rings is 1. The van der Waals surface area contributed by atoms with E-state index in [1.165, 1.54) is 4.90 Å². The highest BCUT2D eigenvalue weighted by Crippen LogP contribution is 2.18. The maximum absolute atomic E-state index is 13.1.